The van der Waals surface area contributed by atoms with Gasteiger partial charge in [-0.05, 0) is 59.8 Å². The van der Waals surface area contributed by atoms with E-state index in [-0.39, 0.29) is 16.9 Å². The Morgan fingerprint density at radius 3 is 2.80 bits per heavy atom. The van der Waals surface area contributed by atoms with Gasteiger partial charge >= 0.3 is 0 Å². The van der Waals surface area contributed by atoms with Gasteiger partial charge in [0.05, 0.1) is 16.3 Å². The van der Waals surface area contributed by atoms with Crippen molar-refractivity contribution in [2.24, 2.45) is 5.10 Å². The summed E-state index contributed by atoms with van der Waals surface area (Å²) in [6.45, 7) is 1.57. The fraction of sp³-hybridized carbons (Fsp3) is 0.200. The van der Waals surface area contributed by atoms with E-state index < -0.39 is 16.1 Å². The molecule has 0 unspecified atom stereocenters. The monoisotopic (exact) mass is 463 g/mol. The summed E-state index contributed by atoms with van der Waals surface area (Å²) in [7, 11) is -3.40. The van der Waals surface area contributed by atoms with Crippen LogP contribution in [0.25, 0.3) is 0 Å². The number of nitrogens with zero attached hydrogens (tertiary/aromatic N) is 2. The molecular formula is C20H18ClN3O4S2. The molecule has 1 amide bonds. The van der Waals surface area contributed by atoms with Crippen LogP contribution in [0, 0.1) is 0 Å². The number of halogens is 1. The number of sulfonamides is 1. The molecule has 3 aromatic rings. The van der Waals surface area contributed by atoms with E-state index in [0.29, 0.717) is 28.5 Å². The first kappa shape index (κ1) is 20.6. The summed E-state index contributed by atoms with van der Waals surface area (Å²) in [4.78, 5) is 13.6. The molecule has 7 nitrogen and oxygen atoms in total. The van der Waals surface area contributed by atoms with E-state index in [1.807, 2.05) is 11.4 Å². The number of carbonyl (C=O) groups excluding carboxylic acids is 1. The van der Waals surface area contributed by atoms with Crippen molar-refractivity contribution in [1.29, 1.82) is 0 Å². The van der Waals surface area contributed by atoms with Gasteiger partial charge in [-0.2, -0.15) is 5.10 Å². The Bertz CT molecular complexity index is 1200. The van der Waals surface area contributed by atoms with Crippen molar-refractivity contribution in [3.05, 3.63) is 75.3 Å². The number of thiophene rings is 1. The maximum atomic E-state index is 13.0. The van der Waals surface area contributed by atoms with E-state index in [9.17, 15) is 13.2 Å². The van der Waals surface area contributed by atoms with Gasteiger partial charge in [-0.1, -0.05) is 18.2 Å². The molecule has 0 spiro atoms. The van der Waals surface area contributed by atoms with Gasteiger partial charge in [0.1, 0.15) is 11.8 Å². The Labute approximate surface area is 183 Å². The second-order valence-corrected chi connectivity index (χ2v) is 9.95. The summed E-state index contributed by atoms with van der Waals surface area (Å²) in [5, 5.41) is 8.03. The lowest BCUT2D eigenvalue weighted by Gasteiger charge is -2.19. The van der Waals surface area contributed by atoms with Gasteiger partial charge in [0.15, 0.2) is 5.22 Å². The van der Waals surface area contributed by atoms with Crippen LogP contribution in [0.3, 0.4) is 0 Å². The van der Waals surface area contributed by atoms with E-state index >= 15 is 0 Å². The van der Waals surface area contributed by atoms with Crippen LogP contribution in [0.15, 0.2) is 63.4 Å². The third kappa shape index (κ3) is 4.28. The molecule has 0 saturated carbocycles. The topological polar surface area (TPSA) is 92.0 Å². The van der Waals surface area contributed by atoms with Gasteiger partial charge in [0.2, 0.25) is 10.0 Å². The minimum absolute atomic E-state index is 0.0252. The van der Waals surface area contributed by atoms with E-state index in [0.717, 1.165) is 5.56 Å². The first-order chi connectivity index (χ1) is 14.4. The summed E-state index contributed by atoms with van der Waals surface area (Å²) >= 11 is 7.28. The highest BCUT2D eigenvalue weighted by atomic mass is 35.5. The van der Waals surface area contributed by atoms with Crippen molar-refractivity contribution < 1.29 is 17.6 Å². The second-order valence-electron chi connectivity index (χ2n) is 6.62. The maximum Gasteiger partial charge on any atom is 0.284 e. The van der Waals surface area contributed by atoms with Crippen LogP contribution in [0.1, 0.15) is 40.4 Å². The van der Waals surface area contributed by atoms with E-state index in [1.54, 1.807) is 49.4 Å². The van der Waals surface area contributed by atoms with Crippen molar-refractivity contribution in [3.8, 4) is 0 Å². The molecule has 0 saturated heterocycles. The Morgan fingerprint density at radius 1 is 1.30 bits per heavy atom. The predicted molar refractivity (Wildman–Crippen MR) is 118 cm³/mol. The molecule has 156 valence electrons. The lowest BCUT2D eigenvalue weighted by atomic mass is 10.0. The van der Waals surface area contributed by atoms with Crippen molar-refractivity contribution in [3.63, 3.8) is 0 Å². The zero-order valence-corrected chi connectivity index (χ0v) is 18.3. The van der Waals surface area contributed by atoms with Gasteiger partial charge in [0.25, 0.3) is 5.91 Å². The highest BCUT2D eigenvalue weighted by Gasteiger charge is 2.36. The minimum atomic E-state index is -3.40. The minimum Gasteiger partial charge on any atom is -0.447 e. The molecule has 0 radical (unpaired) electrons. The normalized spacial score (nSPS) is 16.5. The molecule has 3 heterocycles. The summed E-state index contributed by atoms with van der Waals surface area (Å²) < 4.78 is 31.9. The molecular weight excluding hydrogens is 446 g/mol. The molecule has 4 rings (SSSR count). The zero-order chi connectivity index (χ0) is 21.3. The molecule has 1 aliphatic heterocycles. The van der Waals surface area contributed by atoms with Gasteiger partial charge in [0, 0.05) is 12.1 Å². The summed E-state index contributed by atoms with van der Waals surface area (Å²) in [5.74, 6) is 0.273. The Balaban J connectivity index is 1.68. The number of nitrogens with one attached hydrogen (secondary N) is 1. The highest BCUT2D eigenvalue weighted by molar-refractivity contribution is 7.92. The zero-order valence-electron chi connectivity index (χ0n) is 15.9. The van der Waals surface area contributed by atoms with Crippen molar-refractivity contribution in [1.82, 2.24) is 5.01 Å². The van der Waals surface area contributed by atoms with Crippen molar-refractivity contribution in [2.75, 3.05) is 10.5 Å². The predicted octanol–water partition coefficient (Wildman–Crippen LogP) is 4.75. The number of carbonyl (C=O) groups is 1. The van der Waals surface area contributed by atoms with Crippen LogP contribution in [0.2, 0.25) is 5.22 Å². The third-order valence-electron chi connectivity index (χ3n) is 4.62. The molecule has 0 bridgehead atoms. The Kier molecular flexibility index (Phi) is 5.68. The molecule has 30 heavy (non-hydrogen) atoms. The molecule has 0 fully saturated rings. The third-order valence-corrected chi connectivity index (χ3v) is 6.99. The quantitative estimate of drug-likeness (QED) is 0.571. The average Bonchev–Trinajstić information content (AvgIpc) is 3.47. The van der Waals surface area contributed by atoms with Gasteiger partial charge in [-0.25, -0.2) is 13.4 Å². The molecule has 1 aromatic carbocycles. The number of amides is 1. The van der Waals surface area contributed by atoms with Crippen LogP contribution >= 0.6 is 22.9 Å². The van der Waals surface area contributed by atoms with Crippen LogP contribution in [-0.4, -0.2) is 30.8 Å². The van der Waals surface area contributed by atoms with Crippen LogP contribution in [-0.2, 0) is 10.0 Å². The van der Waals surface area contributed by atoms with E-state index in [4.69, 9.17) is 16.0 Å². The molecule has 10 heteroatoms. The Hall–Kier alpha value is -2.62. The lowest BCUT2D eigenvalue weighted by Crippen LogP contribution is -2.26. The molecule has 2 aromatic heterocycles. The smallest absolute Gasteiger partial charge is 0.284 e. The molecule has 1 N–H and O–H groups in total. The number of hydrazone groups is 1. The molecule has 1 aliphatic rings. The highest BCUT2D eigenvalue weighted by Crippen LogP contribution is 2.36. The fourth-order valence-electron chi connectivity index (χ4n) is 3.13. The largest absolute Gasteiger partial charge is 0.447 e. The van der Waals surface area contributed by atoms with Crippen LogP contribution in [0.4, 0.5) is 5.69 Å². The lowest BCUT2D eigenvalue weighted by molar-refractivity contribution is 0.0698. The van der Waals surface area contributed by atoms with Gasteiger partial charge in [-0.3, -0.25) is 9.52 Å². The van der Waals surface area contributed by atoms with Gasteiger partial charge in [-0.15, -0.1) is 11.3 Å². The number of rotatable bonds is 6. The van der Waals surface area contributed by atoms with Gasteiger partial charge < -0.3 is 4.42 Å². The number of anilines is 1. The first-order valence-corrected chi connectivity index (χ1v) is 12.1. The van der Waals surface area contributed by atoms with Crippen LogP contribution in [0.5, 0.6) is 0 Å². The maximum absolute atomic E-state index is 13.0. The Morgan fingerprint density at radius 2 is 2.13 bits per heavy atom. The summed E-state index contributed by atoms with van der Waals surface area (Å²) in [6, 6.07) is 13.4. The SMILES string of the molecule is CCS(=O)(=O)Nc1cccc(C2=NN(C(=O)c3cccs3)[C@@H](c3ccc(Cl)o3)C2)c1. The molecule has 0 aliphatic carbocycles. The van der Waals surface area contributed by atoms with Crippen LogP contribution < -0.4 is 4.72 Å². The fourth-order valence-corrected chi connectivity index (χ4v) is 4.57. The summed E-state index contributed by atoms with van der Waals surface area (Å²) in [5.41, 5.74) is 1.81. The first-order valence-electron chi connectivity index (χ1n) is 9.17. The number of hydrogen-bond acceptors (Lipinski definition) is 6. The average molecular weight is 464 g/mol. The standard InChI is InChI=1S/C20H18ClN3O4S2/c1-2-30(26,27)23-14-6-3-5-13(11-14)15-12-16(17-8-9-19(21)28-17)24(22-15)20(25)18-7-4-10-29-18/h3-11,16,23H,2,12H2,1H3/t16-/m1/s1. The summed E-state index contributed by atoms with van der Waals surface area (Å²) in [6.07, 6.45) is 0.408. The van der Waals surface area contributed by atoms with E-state index in [1.165, 1.54) is 16.3 Å². The number of benzene rings is 1. The van der Waals surface area contributed by atoms with E-state index in [2.05, 4.69) is 9.82 Å². The number of hydrogen-bond donors (Lipinski definition) is 1. The van der Waals surface area contributed by atoms with Crippen molar-refractivity contribution in [2.45, 2.75) is 19.4 Å². The van der Waals surface area contributed by atoms with Crippen molar-refractivity contribution >= 4 is 50.3 Å². The molecule has 1 atom stereocenters. The number of furan rings is 1. The second kappa shape index (κ2) is 8.25.